The fraction of sp³-hybridized carbons (Fsp3) is 0.227. The topological polar surface area (TPSA) is 155 Å². The number of nitrogens with one attached hydrogen (secondary N) is 2. The number of nitrogens with zero attached hydrogens (tertiary/aromatic N) is 7. The summed E-state index contributed by atoms with van der Waals surface area (Å²) in [4.78, 5) is 36.2. The normalized spacial score (nSPS) is 10.8. The Bertz CT molecular complexity index is 1400. The van der Waals surface area contributed by atoms with Crippen LogP contribution < -0.4 is 10.6 Å². The maximum absolute atomic E-state index is 13.0. The first kappa shape index (κ1) is 23.4. The van der Waals surface area contributed by atoms with Crippen LogP contribution in [0, 0.1) is 17.0 Å². The molecule has 0 aliphatic carbocycles. The first-order valence-electron chi connectivity index (χ1n) is 10.7. The number of hydrogen-bond acceptors (Lipinski definition) is 7. The lowest BCUT2D eigenvalue weighted by atomic mass is 10.1. The fourth-order valence-corrected chi connectivity index (χ4v) is 3.44. The zero-order valence-electron chi connectivity index (χ0n) is 19.3. The number of benzene rings is 1. The van der Waals surface area contributed by atoms with Crippen molar-refractivity contribution in [3.63, 3.8) is 0 Å². The van der Waals surface area contributed by atoms with Crippen LogP contribution in [0.2, 0.25) is 0 Å². The Morgan fingerprint density at radius 1 is 1.00 bits per heavy atom. The van der Waals surface area contributed by atoms with Gasteiger partial charge in [0.1, 0.15) is 18.1 Å². The zero-order valence-corrected chi connectivity index (χ0v) is 19.3. The van der Waals surface area contributed by atoms with E-state index >= 15 is 0 Å². The molecule has 2 N–H and O–H groups in total. The van der Waals surface area contributed by atoms with Crippen LogP contribution in [0.4, 0.5) is 17.1 Å². The van der Waals surface area contributed by atoms with E-state index < -0.39 is 16.7 Å². The molecule has 13 nitrogen and oxygen atoms in total. The first-order chi connectivity index (χ1) is 16.8. The molecule has 0 saturated carbocycles. The molecule has 1 aromatic carbocycles. The predicted octanol–water partition coefficient (Wildman–Crippen LogP) is 2.60. The third-order valence-corrected chi connectivity index (χ3v) is 5.48. The Morgan fingerprint density at radius 3 is 2.29 bits per heavy atom. The van der Waals surface area contributed by atoms with Crippen LogP contribution in [0.3, 0.4) is 0 Å². The van der Waals surface area contributed by atoms with E-state index in [-0.39, 0.29) is 17.1 Å². The molecule has 0 saturated heterocycles. The SMILES string of the molecule is CCn1ncc(NC(=O)c2ccc(Cn3cc([N+](=O)[O-])cn3)cc2)c1C(=O)Nc1cnn(C)c1C. The van der Waals surface area contributed by atoms with Gasteiger partial charge in [-0.05, 0) is 31.5 Å². The number of aryl methyl sites for hydroxylation is 2. The van der Waals surface area contributed by atoms with Gasteiger partial charge in [0.15, 0.2) is 0 Å². The van der Waals surface area contributed by atoms with Gasteiger partial charge in [0.2, 0.25) is 0 Å². The minimum atomic E-state index is -0.510. The van der Waals surface area contributed by atoms with Gasteiger partial charge >= 0.3 is 5.69 Å². The van der Waals surface area contributed by atoms with E-state index in [1.54, 1.807) is 42.2 Å². The second-order valence-corrected chi connectivity index (χ2v) is 7.75. The van der Waals surface area contributed by atoms with Crippen molar-refractivity contribution in [3.05, 3.63) is 81.7 Å². The summed E-state index contributed by atoms with van der Waals surface area (Å²) in [6.45, 7) is 4.43. The lowest BCUT2D eigenvalue weighted by molar-refractivity contribution is -0.385. The number of aromatic nitrogens is 6. The van der Waals surface area contributed by atoms with Gasteiger partial charge in [0.25, 0.3) is 11.8 Å². The summed E-state index contributed by atoms with van der Waals surface area (Å²) in [7, 11) is 1.77. The van der Waals surface area contributed by atoms with Crippen LogP contribution in [0.5, 0.6) is 0 Å². The second-order valence-electron chi connectivity index (χ2n) is 7.75. The van der Waals surface area contributed by atoms with E-state index in [1.807, 2.05) is 13.8 Å². The second kappa shape index (κ2) is 9.59. The van der Waals surface area contributed by atoms with Crippen molar-refractivity contribution in [1.29, 1.82) is 0 Å². The molecule has 0 aliphatic heterocycles. The lowest BCUT2D eigenvalue weighted by Crippen LogP contribution is -2.21. The average Bonchev–Trinajstić information content (AvgIpc) is 3.55. The number of anilines is 2. The van der Waals surface area contributed by atoms with Gasteiger partial charge < -0.3 is 10.6 Å². The van der Waals surface area contributed by atoms with E-state index in [0.717, 1.165) is 11.3 Å². The largest absolute Gasteiger partial charge is 0.319 e. The third kappa shape index (κ3) is 4.93. The quantitative estimate of drug-likeness (QED) is 0.292. The van der Waals surface area contributed by atoms with Crippen LogP contribution >= 0.6 is 0 Å². The van der Waals surface area contributed by atoms with E-state index in [1.165, 1.54) is 28.0 Å². The fourth-order valence-electron chi connectivity index (χ4n) is 3.44. The van der Waals surface area contributed by atoms with Crippen molar-refractivity contribution in [2.24, 2.45) is 7.05 Å². The molecule has 13 heteroatoms. The van der Waals surface area contributed by atoms with E-state index in [9.17, 15) is 19.7 Å². The van der Waals surface area contributed by atoms with Crippen molar-refractivity contribution in [1.82, 2.24) is 29.3 Å². The summed E-state index contributed by atoms with van der Waals surface area (Å²) in [5.41, 5.74) is 2.95. The maximum Gasteiger partial charge on any atom is 0.307 e. The Hall–Kier alpha value is -4.81. The molecule has 2 amide bonds. The minimum absolute atomic E-state index is 0.0906. The van der Waals surface area contributed by atoms with Crippen LogP contribution in [-0.2, 0) is 20.1 Å². The van der Waals surface area contributed by atoms with Gasteiger partial charge in [-0.1, -0.05) is 12.1 Å². The summed E-state index contributed by atoms with van der Waals surface area (Å²) < 4.78 is 4.59. The number of hydrogen-bond donors (Lipinski definition) is 2. The molecule has 0 atom stereocenters. The minimum Gasteiger partial charge on any atom is -0.319 e. The number of amides is 2. The highest BCUT2D eigenvalue weighted by Crippen LogP contribution is 2.20. The number of carbonyl (C=O) groups is 2. The summed E-state index contributed by atoms with van der Waals surface area (Å²) in [6.07, 6.45) is 5.51. The molecule has 0 spiro atoms. The highest BCUT2D eigenvalue weighted by atomic mass is 16.6. The summed E-state index contributed by atoms with van der Waals surface area (Å²) in [5, 5.41) is 28.7. The van der Waals surface area contributed by atoms with Crippen molar-refractivity contribution < 1.29 is 14.5 Å². The predicted molar refractivity (Wildman–Crippen MR) is 126 cm³/mol. The molecule has 0 radical (unpaired) electrons. The van der Waals surface area contributed by atoms with Crippen molar-refractivity contribution >= 4 is 28.9 Å². The molecule has 0 aliphatic rings. The molecular weight excluding hydrogens is 454 g/mol. The van der Waals surface area contributed by atoms with Crippen LogP contribution in [0.25, 0.3) is 0 Å². The molecule has 180 valence electrons. The third-order valence-electron chi connectivity index (χ3n) is 5.48. The summed E-state index contributed by atoms with van der Waals surface area (Å²) in [6, 6.07) is 6.73. The first-order valence-corrected chi connectivity index (χ1v) is 10.7. The molecule has 3 aromatic heterocycles. The van der Waals surface area contributed by atoms with Crippen LogP contribution in [0.15, 0.2) is 49.1 Å². The molecule has 0 bridgehead atoms. The Labute approximate surface area is 199 Å². The van der Waals surface area contributed by atoms with Gasteiger partial charge in [-0.15, -0.1) is 0 Å². The molecule has 0 unspecified atom stereocenters. The van der Waals surface area contributed by atoms with Crippen molar-refractivity contribution in [3.8, 4) is 0 Å². The molecular formula is C22H23N9O4. The van der Waals surface area contributed by atoms with Gasteiger partial charge in [-0.3, -0.25) is 33.7 Å². The number of rotatable bonds is 8. The Morgan fingerprint density at radius 2 is 1.69 bits per heavy atom. The van der Waals surface area contributed by atoms with Crippen molar-refractivity contribution in [2.75, 3.05) is 10.6 Å². The summed E-state index contributed by atoms with van der Waals surface area (Å²) >= 11 is 0. The average molecular weight is 477 g/mol. The van der Waals surface area contributed by atoms with E-state index in [4.69, 9.17) is 0 Å². The number of nitro groups is 1. The molecule has 35 heavy (non-hydrogen) atoms. The van der Waals surface area contributed by atoms with E-state index in [0.29, 0.717) is 24.3 Å². The molecule has 4 aromatic rings. The number of carbonyl (C=O) groups excluding carboxylic acids is 2. The Balaban J connectivity index is 1.47. The van der Waals surface area contributed by atoms with E-state index in [2.05, 4.69) is 25.9 Å². The lowest BCUT2D eigenvalue weighted by Gasteiger charge is -2.10. The molecule has 4 rings (SSSR count). The Kier molecular flexibility index (Phi) is 6.40. The monoisotopic (exact) mass is 477 g/mol. The van der Waals surface area contributed by atoms with Gasteiger partial charge in [-0.2, -0.15) is 15.3 Å². The molecule has 0 fully saturated rings. The highest BCUT2D eigenvalue weighted by molar-refractivity contribution is 6.11. The molecule has 3 heterocycles. The van der Waals surface area contributed by atoms with Crippen molar-refractivity contribution in [2.45, 2.75) is 26.9 Å². The van der Waals surface area contributed by atoms with Gasteiger partial charge in [0.05, 0.1) is 40.9 Å². The van der Waals surface area contributed by atoms with Gasteiger partial charge in [0, 0.05) is 19.2 Å². The van der Waals surface area contributed by atoms with Crippen LogP contribution in [-0.4, -0.2) is 46.1 Å². The van der Waals surface area contributed by atoms with Crippen LogP contribution in [0.1, 0.15) is 39.0 Å². The smallest absolute Gasteiger partial charge is 0.307 e. The maximum atomic E-state index is 13.0. The summed E-state index contributed by atoms with van der Waals surface area (Å²) in [5.74, 6) is -0.826. The zero-order chi connectivity index (χ0) is 25.1. The van der Waals surface area contributed by atoms with Gasteiger partial charge in [-0.25, -0.2) is 0 Å². The standard InChI is InChI=1S/C22H23N9O4/c1-4-30-20(22(33)26-18-10-23-28(3)14(18)2)19(11-25-30)27-21(32)16-7-5-15(6-8-16)12-29-13-17(9-24-29)31(34)35/h5-11,13H,4,12H2,1-3H3,(H,26,33)(H,27,32). The highest BCUT2D eigenvalue weighted by Gasteiger charge is 2.21.